The van der Waals surface area contributed by atoms with Crippen molar-refractivity contribution < 1.29 is 23.1 Å². The Morgan fingerprint density at radius 2 is 1.85 bits per heavy atom. The molecule has 1 atom stereocenters. The molecule has 26 heavy (non-hydrogen) atoms. The Bertz CT molecular complexity index is 733. The van der Waals surface area contributed by atoms with Gasteiger partial charge >= 0.3 is 6.18 Å². The number of primary amides is 1. The van der Waals surface area contributed by atoms with Gasteiger partial charge < -0.3 is 16.2 Å². The molecule has 0 saturated carbocycles. The lowest BCUT2D eigenvalue weighted by molar-refractivity contribution is -0.138. The van der Waals surface area contributed by atoms with Gasteiger partial charge in [-0.2, -0.15) is 13.2 Å². The number of carbonyl (C=O) groups is 1. The lowest BCUT2D eigenvalue weighted by Gasteiger charge is -2.16. The highest BCUT2D eigenvalue weighted by Crippen LogP contribution is 2.33. The van der Waals surface area contributed by atoms with Crippen LogP contribution in [0.4, 0.5) is 13.2 Å². The molecule has 0 spiro atoms. The third-order valence-electron chi connectivity index (χ3n) is 3.84. The van der Waals surface area contributed by atoms with Gasteiger partial charge in [-0.1, -0.05) is 42.5 Å². The van der Waals surface area contributed by atoms with Gasteiger partial charge in [0.05, 0.1) is 17.2 Å². The molecule has 0 fully saturated rings. The van der Waals surface area contributed by atoms with Crippen LogP contribution < -0.4 is 11.1 Å². The van der Waals surface area contributed by atoms with Crippen molar-refractivity contribution in [1.82, 2.24) is 5.32 Å². The summed E-state index contributed by atoms with van der Waals surface area (Å²) in [5, 5.41) is 12.8. The molecule has 2 rings (SSSR count). The Kier molecular flexibility index (Phi) is 6.76. The highest BCUT2D eigenvalue weighted by Gasteiger charge is 2.35. The summed E-state index contributed by atoms with van der Waals surface area (Å²) in [7, 11) is 0. The van der Waals surface area contributed by atoms with Crippen molar-refractivity contribution in [2.45, 2.75) is 25.2 Å². The van der Waals surface area contributed by atoms with E-state index in [0.717, 1.165) is 11.6 Å². The summed E-state index contributed by atoms with van der Waals surface area (Å²) in [5.41, 5.74) is 4.72. The molecule has 0 unspecified atom stereocenters. The van der Waals surface area contributed by atoms with E-state index in [0.29, 0.717) is 6.42 Å². The summed E-state index contributed by atoms with van der Waals surface area (Å²) in [6, 6.07) is 13.0. The van der Waals surface area contributed by atoms with E-state index >= 15 is 0 Å². The predicted molar refractivity (Wildman–Crippen MR) is 92.1 cm³/mol. The molecule has 2 aromatic carbocycles. The monoisotopic (exact) mass is 365 g/mol. The van der Waals surface area contributed by atoms with Crippen LogP contribution in [0.25, 0.3) is 0 Å². The molecule has 4 N–H and O–H groups in total. The summed E-state index contributed by atoms with van der Waals surface area (Å²) >= 11 is 0. The lowest BCUT2D eigenvalue weighted by atomic mass is 9.99. The molecule has 7 heteroatoms. The molecule has 0 aliphatic heterocycles. The zero-order chi connectivity index (χ0) is 19.2. The second-order valence-electron chi connectivity index (χ2n) is 5.83. The summed E-state index contributed by atoms with van der Waals surface area (Å²) in [4.78, 5) is 11.5. The number of benzene rings is 2. The summed E-state index contributed by atoms with van der Waals surface area (Å²) in [5.74, 6) is -1.13. The van der Waals surface area contributed by atoms with Gasteiger partial charge in [0, 0.05) is 13.1 Å². The molecule has 0 aliphatic carbocycles. The van der Waals surface area contributed by atoms with E-state index in [9.17, 15) is 23.1 Å². The van der Waals surface area contributed by atoms with Crippen molar-refractivity contribution in [3.05, 3.63) is 77.2 Å². The molecule has 0 heterocycles. The van der Waals surface area contributed by atoms with E-state index in [1.807, 2.05) is 30.3 Å². The number of rotatable bonds is 8. The number of nitrogens with two attached hydrogens (primary N) is 1. The molecule has 1 amide bonds. The van der Waals surface area contributed by atoms with Crippen molar-refractivity contribution in [2.75, 3.05) is 6.54 Å². The second kappa shape index (κ2) is 8.82. The largest absolute Gasteiger partial charge is 0.417 e. The maximum Gasteiger partial charge on any atom is 0.417 e. The fraction of sp³-hybridized carbons (Fsp3) is 0.263. The van der Waals surface area contributed by atoms with E-state index in [1.165, 1.54) is 12.1 Å². The van der Waals surface area contributed by atoms with Crippen LogP contribution in [0.2, 0.25) is 0 Å². The van der Waals surface area contributed by atoms with Gasteiger partial charge in [0.25, 0.3) is 0 Å². The number of carbonyl (C=O) groups excluding carboxylic acids is 1. The Labute approximate surface area is 149 Å². The van der Waals surface area contributed by atoms with E-state index in [4.69, 9.17) is 5.73 Å². The quantitative estimate of drug-likeness (QED) is 0.673. The molecule has 0 saturated heterocycles. The molecule has 4 nitrogen and oxygen atoms in total. The van der Waals surface area contributed by atoms with E-state index < -0.39 is 29.3 Å². The van der Waals surface area contributed by atoms with Crippen LogP contribution >= 0.6 is 0 Å². The average Bonchev–Trinajstić information content (AvgIpc) is 2.59. The first-order valence-electron chi connectivity index (χ1n) is 8.04. The normalized spacial score (nSPS) is 12.8. The maximum atomic E-state index is 13.0. The average molecular weight is 365 g/mol. The van der Waals surface area contributed by atoms with Crippen LogP contribution in [-0.2, 0) is 19.1 Å². The van der Waals surface area contributed by atoms with Crippen LogP contribution in [0, 0.1) is 6.42 Å². The second-order valence-corrected chi connectivity index (χ2v) is 5.83. The van der Waals surface area contributed by atoms with Crippen molar-refractivity contribution >= 4 is 5.91 Å². The lowest BCUT2D eigenvalue weighted by Crippen LogP contribution is -2.29. The number of hydrogen-bond acceptors (Lipinski definition) is 3. The van der Waals surface area contributed by atoms with Crippen molar-refractivity contribution in [1.29, 1.82) is 0 Å². The smallest absolute Gasteiger partial charge is 0.391 e. The number of aliphatic hydroxyl groups excluding tert-OH is 1. The topological polar surface area (TPSA) is 75.4 Å². The van der Waals surface area contributed by atoms with Crippen LogP contribution in [0.3, 0.4) is 0 Å². The summed E-state index contributed by atoms with van der Waals surface area (Å²) in [6.07, 6.45) is -3.18. The molecule has 0 aromatic heterocycles. The highest BCUT2D eigenvalue weighted by molar-refractivity contribution is 5.96. The molecular weight excluding hydrogens is 345 g/mol. The first kappa shape index (κ1) is 19.9. The van der Waals surface area contributed by atoms with Crippen LogP contribution in [-0.4, -0.2) is 23.7 Å². The van der Waals surface area contributed by atoms with E-state index in [1.54, 1.807) is 6.42 Å². The molecule has 1 radical (unpaired) electrons. The summed E-state index contributed by atoms with van der Waals surface area (Å²) < 4.78 is 39.1. The van der Waals surface area contributed by atoms with Crippen molar-refractivity contribution in [3.8, 4) is 0 Å². The molecule has 2 aromatic rings. The predicted octanol–water partition coefficient (Wildman–Crippen LogP) is 2.70. The number of alkyl halides is 3. The third-order valence-corrected chi connectivity index (χ3v) is 3.84. The maximum absolute atomic E-state index is 13.0. The minimum absolute atomic E-state index is 0.0154. The van der Waals surface area contributed by atoms with Gasteiger partial charge in [0.2, 0.25) is 5.91 Å². The van der Waals surface area contributed by atoms with Crippen LogP contribution in [0.15, 0.2) is 48.5 Å². The number of halogens is 3. The minimum Gasteiger partial charge on any atom is -0.391 e. The van der Waals surface area contributed by atoms with Gasteiger partial charge in [0.1, 0.15) is 0 Å². The molecule has 0 aliphatic rings. The van der Waals surface area contributed by atoms with Gasteiger partial charge in [0.15, 0.2) is 0 Å². The Hall–Kier alpha value is -2.38. The standard InChI is InChI=1S/C19H20F3N2O2/c20-19(21,22)16-8-4-7-14(17(16)18(23)26)11-24-12-15(25)10-9-13-5-2-1-3-6-13/h1-8,10,15,24-25H,9,11-12H2,(H2,23,26)/t15-/m1/s1. The number of amides is 1. The summed E-state index contributed by atoms with van der Waals surface area (Å²) in [6.45, 7) is 0.125. The van der Waals surface area contributed by atoms with Crippen molar-refractivity contribution in [3.63, 3.8) is 0 Å². The SMILES string of the molecule is NC(=O)c1c(CNC[C@H](O)[CH]Cc2ccccc2)cccc1C(F)(F)F. The Morgan fingerprint density at radius 3 is 2.46 bits per heavy atom. The fourth-order valence-electron chi connectivity index (χ4n) is 2.60. The first-order valence-corrected chi connectivity index (χ1v) is 8.04. The first-order chi connectivity index (χ1) is 12.3. The van der Waals surface area contributed by atoms with Crippen molar-refractivity contribution in [2.24, 2.45) is 5.73 Å². The molecule has 0 bridgehead atoms. The zero-order valence-electron chi connectivity index (χ0n) is 14.0. The van der Waals surface area contributed by atoms with E-state index in [2.05, 4.69) is 5.32 Å². The minimum atomic E-state index is -4.66. The fourth-order valence-corrected chi connectivity index (χ4v) is 2.60. The van der Waals surface area contributed by atoms with Gasteiger partial charge in [-0.05, 0) is 30.0 Å². The van der Waals surface area contributed by atoms with Gasteiger partial charge in [-0.3, -0.25) is 4.79 Å². The Balaban J connectivity index is 1.94. The van der Waals surface area contributed by atoms with Gasteiger partial charge in [-0.25, -0.2) is 0 Å². The highest BCUT2D eigenvalue weighted by atomic mass is 19.4. The number of nitrogens with one attached hydrogen (secondary N) is 1. The van der Waals surface area contributed by atoms with Crippen LogP contribution in [0.1, 0.15) is 27.0 Å². The third kappa shape index (κ3) is 5.57. The molecular formula is C19H20F3N2O2. The Morgan fingerprint density at radius 1 is 1.15 bits per heavy atom. The van der Waals surface area contributed by atoms with E-state index in [-0.39, 0.29) is 18.7 Å². The number of aliphatic hydroxyl groups is 1. The molecule has 139 valence electrons. The van der Waals surface area contributed by atoms with Crippen LogP contribution in [0.5, 0.6) is 0 Å². The van der Waals surface area contributed by atoms with Gasteiger partial charge in [-0.15, -0.1) is 0 Å². The zero-order valence-corrected chi connectivity index (χ0v) is 14.0. The number of hydrogen-bond donors (Lipinski definition) is 3.